The first-order valence-electron chi connectivity index (χ1n) is 5.93. The van der Waals surface area contributed by atoms with Crippen LogP contribution in [0.1, 0.15) is 25.7 Å². The van der Waals surface area contributed by atoms with Crippen molar-refractivity contribution >= 4 is 22.9 Å². The van der Waals surface area contributed by atoms with E-state index in [0.717, 1.165) is 23.5 Å². The third-order valence-corrected chi connectivity index (χ3v) is 3.25. The van der Waals surface area contributed by atoms with Crippen molar-refractivity contribution in [3.8, 4) is 0 Å². The van der Waals surface area contributed by atoms with Crippen LogP contribution in [-0.4, -0.2) is 17.6 Å². The van der Waals surface area contributed by atoms with Crippen molar-refractivity contribution in [2.45, 2.75) is 31.7 Å². The Balaban J connectivity index is 1.72. The summed E-state index contributed by atoms with van der Waals surface area (Å²) in [4.78, 5) is 0.944. The molecule has 16 heavy (non-hydrogen) atoms. The van der Waals surface area contributed by atoms with E-state index in [9.17, 15) is 0 Å². The summed E-state index contributed by atoms with van der Waals surface area (Å²) in [7, 11) is 0. The van der Waals surface area contributed by atoms with Gasteiger partial charge in [-0.15, -0.1) is 0 Å². The molecule has 1 heterocycles. The van der Waals surface area contributed by atoms with Gasteiger partial charge in [0, 0.05) is 11.7 Å². The van der Waals surface area contributed by atoms with Gasteiger partial charge in [-0.25, -0.2) is 0 Å². The van der Waals surface area contributed by atoms with Gasteiger partial charge >= 0.3 is 0 Å². The summed E-state index contributed by atoms with van der Waals surface area (Å²) in [6.07, 6.45) is 4.73. The maximum Gasteiger partial charge on any atom is 0.0797 e. The molecule has 3 heteroatoms. The number of para-hydroxylation sites is 1. The van der Waals surface area contributed by atoms with Gasteiger partial charge in [-0.2, -0.15) is 0 Å². The molecule has 1 fully saturated rings. The molecule has 0 unspecified atom stereocenters. The van der Waals surface area contributed by atoms with E-state index in [2.05, 4.69) is 10.6 Å². The molecule has 2 nitrogen and oxygen atoms in total. The molecule has 1 aliphatic heterocycles. The van der Waals surface area contributed by atoms with Crippen LogP contribution in [0.15, 0.2) is 30.3 Å². The number of thiocarbonyl (C=S) groups is 1. The van der Waals surface area contributed by atoms with Crippen LogP contribution in [0.2, 0.25) is 0 Å². The molecular formula is C13H18N2S. The normalized spacial score (nSPS) is 19.6. The molecule has 1 aromatic rings. The summed E-state index contributed by atoms with van der Waals surface area (Å²) < 4.78 is 0. The van der Waals surface area contributed by atoms with Crippen LogP contribution in [0, 0.1) is 0 Å². The second kappa shape index (κ2) is 5.97. The monoisotopic (exact) mass is 234 g/mol. The van der Waals surface area contributed by atoms with Crippen LogP contribution in [0.25, 0.3) is 0 Å². The minimum Gasteiger partial charge on any atom is -0.350 e. The van der Waals surface area contributed by atoms with Crippen LogP contribution in [-0.2, 0) is 0 Å². The van der Waals surface area contributed by atoms with Crippen molar-refractivity contribution < 1.29 is 0 Å². The van der Waals surface area contributed by atoms with E-state index in [-0.39, 0.29) is 0 Å². The molecule has 1 aromatic carbocycles. The van der Waals surface area contributed by atoms with Gasteiger partial charge in [0.1, 0.15) is 0 Å². The Kier molecular flexibility index (Phi) is 4.31. The maximum absolute atomic E-state index is 5.33. The lowest BCUT2D eigenvalue weighted by Crippen LogP contribution is -2.23. The molecule has 2 N–H and O–H groups in total. The van der Waals surface area contributed by atoms with Gasteiger partial charge in [0.05, 0.1) is 4.99 Å². The van der Waals surface area contributed by atoms with Gasteiger partial charge < -0.3 is 10.6 Å². The van der Waals surface area contributed by atoms with Crippen molar-refractivity contribution in [2.24, 2.45) is 0 Å². The molecule has 0 bridgehead atoms. The molecule has 1 atom stereocenters. The molecule has 86 valence electrons. The van der Waals surface area contributed by atoms with E-state index < -0.39 is 0 Å². The SMILES string of the molecule is S=C(CC[C@@H]1CCCN1)Nc1ccccc1. The van der Waals surface area contributed by atoms with Crippen LogP contribution in [0.3, 0.4) is 0 Å². The van der Waals surface area contributed by atoms with E-state index in [1.807, 2.05) is 30.3 Å². The quantitative estimate of drug-likeness (QED) is 0.783. The Morgan fingerprint density at radius 2 is 2.19 bits per heavy atom. The highest BCUT2D eigenvalue weighted by atomic mass is 32.1. The molecule has 0 aromatic heterocycles. The zero-order valence-electron chi connectivity index (χ0n) is 9.41. The van der Waals surface area contributed by atoms with E-state index in [1.54, 1.807) is 0 Å². The van der Waals surface area contributed by atoms with Gasteiger partial charge in [-0.1, -0.05) is 30.4 Å². The Labute approximate surface area is 102 Å². The molecule has 0 aliphatic carbocycles. The first kappa shape index (κ1) is 11.6. The lowest BCUT2D eigenvalue weighted by molar-refractivity contribution is 0.572. The first-order valence-corrected chi connectivity index (χ1v) is 6.34. The minimum absolute atomic E-state index is 0.676. The third kappa shape index (κ3) is 3.58. The lowest BCUT2D eigenvalue weighted by Gasteiger charge is -2.11. The third-order valence-electron chi connectivity index (χ3n) is 2.94. The number of benzene rings is 1. The molecule has 1 aliphatic rings. The van der Waals surface area contributed by atoms with Crippen LogP contribution >= 0.6 is 12.2 Å². The molecule has 2 rings (SSSR count). The van der Waals surface area contributed by atoms with Crippen molar-refractivity contribution in [1.82, 2.24) is 5.32 Å². The zero-order chi connectivity index (χ0) is 11.2. The Hall–Kier alpha value is -0.930. The average molecular weight is 234 g/mol. The fraction of sp³-hybridized carbons (Fsp3) is 0.462. The number of hydrogen-bond acceptors (Lipinski definition) is 2. The second-order valence-corrected chi connectivity index (χ2v) is 4.74. The van der Waals surface area contributed by atoms with Crippen molar-refractivity contribution in [1.29, 1.82) is 0 Å². The number of anilines is 1. The van der Waals surface area contributed by atoms with Crippen molar-refractivity contribution in [3.05, 3.63) is 30.3 Å². The van der Waals surface area contributed by atoms with Crippen LogP contribution in [0.5, 0.6) is 0 Å². The molecule has 0 amide bonds. The Bertz CT molecular complexity index is 331. The second-order valence-electron chi connectivity index (χ2n) is 4.25. The number of nitrogens with one attached hydrogen (secondary N) is 2. The first-order chi connectivity index (χ1) is 7.84. The fourth-order valence-corrected chi connectivity index (χ4v) is 2.29. The van der Waals surface area contributed by atoms with E-state index >= 15 is 0 Å². The number of rotatable bonds is 4. The Morgan fingerprint density at radius 1 is 1.38 bits per heavy atom. The summed E-state index contributed by atoms with van der Waals surface area (Å²) in [5, 5.41) is 6.76. The summed E-state index contributed by atoms with van der Waals surface area (Å²) in [6, 6.07) is 10.8. The standard InChI is InChI=1S/C13H18N2S/c16-13(9-8-11-7-4-10-14-11)15-12-5-2-1-3-6-12/h1-3,5-6,11,14H,4,7-10H2,(H,15,16)/t11-/m0/s1. The predicted octanol–water partition coefficient (Wildman–Crippen LogP) is 2.96. The molecule has 1 saturated heterocycles. The summed E-state index contributed by atoms with van der Waals surface area (Å²) >= 11 is 5.33. The van der Waals surface area contributed by atoms with E-state index in [4.69, 9.17) is 12.2 Å². The summed E-state index contributed by atoms with van der Waals surface area (Å²) in [5.74, 6) is 0. The van der Waals surface area contributed by atoms with Crippen molar-refractivity contribution in [2.75, 3.05) is 11.9 Å². The highest BCUT2D eigenvalue weighted by Crippen LogP contribution is 2.12. The van der Waals surface area contributed by atoms with Crippen molar-refractivity contribution in [3.63, 3.8) is 0 Å². The van der Waals surface area contributed by atoms with Gasteiger partial charge in [0.25, 0.3) is 0 Å². The zero-order valence-corrected chi connectivity index (χ0v) is 10.2. The average Bonchev–Trinajstić information content (AvgIpc) is 2.81. The van der Waals surface area contributed by atoms with Gasteiger partial charge in [-0.05, 0) is 44.4 Å². The molecule has 0 spiro atoms. The maximum atomic E-state index is 5.33. The molecule has 0 radical (unpaired) electrons. The van der Waals surface area contributed by atoms with Crippen LogP contribution < -0.4 is 10.6 Å². The van der Waals surface area contributed by atoms with Gasteiger partial charge in [0.2, 0.25) is 0 Å². The number of hydrogen-bond donors (Lipinski definition) is 2. The van der Waals surface area contributed by atoms with Crippen LogP contribution in [0.4, 0.5) is 5.69 Å². The molecular weight excluding hydrogens is 216 g/mol. The lowest BCUT2D eigenvalue weighted by atomic mass is 10.1. The smallest absolute Gasteiger partial charge is 0.0797 e. The van der Waals surface area contributed by atoms with E-state index in [0.29, 0.717) is 6.04 Å². The summed E-state index contributed by atoms with van der Waals surface area (Å²) in [5.41, 5.74) is 1.09. The predicted molar refractivity (Wildman–Crippen MR) is 72.9 cm³/mol. The van der Waals surface area contributed by atoms with Gasteiger partial charge in [0.15, 0.2) is 0 Å². The molecule has 0 saturated carbocycles. The Morgan fingerprint density at radius 3 is 2.88 bits per heavy atom. The minimum atomic E-state index is 0.676. The highest BCUT2D eigenvalue weighted by Gasteiger charge is 2.13. The van der Waals surface area contributed by atoms with Gasteiger partial charge in [-0.3, -0.25) is 0 Å². The fourth-order valence-electron chi connectivity index (χ4n) is 2.05. The largest absolute Gasteiger partial charge is 0.350 e. The highest BCUT2D eigenvalue weighted by molar-refractivity contribution is 7.80. The van der Waals surface area contributed by atoms with E-state index in [1.165, 1.54) is 19.4 Å². The summed E-state index contributed by atoms with van der Waals surface area (Å²) in [6.45, 7) is 1.17. The topological polar surface area (TPSA) is 24.1 Å².